The van der Waals surface area contributed by atoms with E-state index in [-0.39, 0.29) is 30.8 Å². The van der Waals surface area contributed by atoms with Crippen molar-refractivity contribution in [2.45, 2.75) is 13.5 Å². The highest BCUT2D eigenvalue weighted by Crippen LogP contribution is 2.34. The number of carbonyl (C=O) groups is 2. The van der Waals surface area contributed by atoms with Crippen LogP contribution in [0.2, 0.25) is 10.0 Å². The molecule has 9 heteroatoms. The zero-order valence-corrected chi connectivity index (χ0v) is 17.5. The minimum absolute atomic E-state index is 0. The minimum atomic E-state index is -0.144. The number of rotatable bonds is 6. The van der Waals surface area contributed by atoms with E-state index in [0.29, 0.717) is 41.1 Å². The van der Waals surface area contributed by atoms with Crippen molar-refractivity contribution < 1.29 is 14.3 Å². The van der Waals surface area contributed by atoms with Gasteiger partial charge in [0.05, 0.1) is 15.7 Å². The molecule has 1 aliphatic rings. The van der Waals surface area contributed by atoms with Crippen LogP contribution in [0, 0.1) is 0 Å². The molecule has 2 N–H and O–H groups in total. The smallest absolute Gasteiger partial charge is 0.265 e. The third kappa shape index (κ3) is 5.44. The van der Waals surface area contributed by atoms with Gasteiger partial charge in [0.1, 0.15) is 5.75 Å². The lowest BCUT2D eigenvalue weighted by Crippen LogP contribution is -2.43. The van der Waals surface area contributed by atoms with E-state index in [4.69, 9.17) is 27.9 Å². The average molecular weight is 445 g/mol. The Morgan fingerprint density at radius 3 is 2.68 bits per heavy atom. The van der Waals surface area contributed by atoms with Crippen molar-refractivity contribution in [3.63, 3.8) is 0 Å². The van der Waals surface area contributed by atoms with Gasteiger partial charge in [0.2, 0.25) is 5.91 Å². The first-order chi connectivity index (χ1) is 12.9. The van der Waals surface area contributed by atoms with Crippen molar-refractivity contribution in [1.29, 1.82) is 0 Å². The van der Waals surface area contributed by atoms with Crippen molar-refractivity contribution in [2.75, 3.05) is 29.9 Å². The molecule has 2 aromatic rings. The summed E-state index contributed by atoms with van der Waals surface area (Å²) >= 11 is 12.0. The SMILES string of the molecule is CC(=O)NCCN1C(=O)COc2ccc(NCc3ccc(Cl)c(Cl)c3)cc21.Cl. The van der Waals surface area contributed by atoms with Crippen LogP contribution in [0.1, 0.15) is 12.5 Å². The Balaban J connectivity index is 0.00000280. The normalized spacial score (nSPS) is 12.5. The van der Waals surface area contributed by atoms with Crippen molar-refractivity contribution >= 4 is 58.8 Å². The molecule has 0 unspecified atom stereocenters. The largest absolute Gasteiger partial charge is 0.482 e. The summed E-state index contributed by atoms with van der Waals surface area (Å²) in [6, 6.07) is 11.0. The van der Waals surface area contributed by atoms with Crippen LogP contribution in [0.3, 0.4) is 0 Å². The number of nitrogens with one attached hydrogen (secondary N) is 2. The number of nitrogens with zero attached hydrogens (tertiary/aromatic N) is 1. The first kappa shape index (κ1) is 22.1. The number of hydrogen-bond acceptors (Lipinski definition) is 4. The second kappa shape index (κ2) is 9.87. The molecule has 150 valence electrons. The molecule has 0 fully saturated rings. The van der Waals surface area contributed by atoms with Crippen molar-refractivity contribution in [3.8, 4) is 5.75 Å². The zero-order valence-electron chi connectivity index (χ0n) is 15.1. The van der Waals surface area contributed by atoms with Crippen LogP contribution in [0.4, 0.5) is 11.4 Å². The summed E-state index contributed by atoms with van der Waals surface area (Å²) in [5.74, 6) is 0.361. The lowest BCUT2D eigenvalue weighted by Gasteiger charge is -2.30. The van der Waals surface area contributed by atoms with Crippen LogP contribution < -0.4 is 20.3 Å². The maximum atomic E-state index is 12.2. The fraction of sp³-hybridized carbons (Fsp3) is 0.263. The summed E-state index contributed by atoms with van der Waals surface area (Å²) in [7, 11) is 0. The zero-order chi connectivity index (χ0) is 19.4. The molecule has 0 saturated heterocycles. The molecule has 0 aromatic heterocycles. The molecule has 2 amide bonds. The van der Waals surface area contributed by atoms with Gasteiger partial charge in [-0.2, -0.15) is 0 Å². The number of benzene rings is 2. The van der Waals surface area contributed by atoms with Crippen LogP contribution in [-0.4, -0.2) is 31.5 Å². The molecule has 6 nitrogen and oxygen atoms in total. The monoisotopic (exact) mass is 443 g/mol. The Morgan fingerprint density at radius 2 is 1.96 bits per heavy atom. The number of carbonyl (C=O) groups excluding carboxylic acids is 2. The predicted molar refractivity (Wildman–Crippen MR) is 114 cm³/mol. The number of ether oxygens (including phenoxy) is 1. The highest BCUT2D eigenvalue weighted by Gasteiger charge is 2.25. The van der Waals surface area contributed by atoms with Gasteiger partial charge >= 0.3 is 0 Å². The molecule has 2 aromatic carbocycles. The molecular formula is C19H20Cl3N3O3. The Labute approximate surface area is 179 Å². The number of fused-ring (bicyclic) bond motifs is 1. The third-order valence-electron chi connectivity index (χ3n) is 4.09. The number of anilines is 2. The van der Waals surface area contributed by atoms with E-state index in [2.05, 4.69) is 10.6 Å². The fourth-order valence-corrected chi connectivity index (χ4v) is 3.08. The number of amides is 2. The second-order valence-electron chi connectivity index (χ2n) is 6.10. The van der Waals surface area contributed by atoms with Crippen LogP contribution in [0.15, 0.2) is 36.4 Å². The van der Waals surface area contributed by atoms with Gasteiger partial charge in [-0.25, -0.2) is 0 Å². The Bertz CT molecular complexity index is 877. The molecule has 0 saturated carbocycles. The van der Waals surface area contributed by atoms with E-state index in [1.165, 1.54) is 6.92 Å². The molecule has 0 atom stereocenters. The maximum Gasteiger partial charge on any atom is 0.265 e. The number of hydrogen-bond donors (Lipinski definition) is 2. The van der Waals surface area contributed by atoms with Gasteiger partial charge in [-0.1, -0.05) is 29.3 Å². The summed E-state index contributed by atoms with van der Waals surface area (Å²) in [6.07, 6.45) is 0. The first-order valence-corrected chi connectivity index (χ1v) is 9.19. The summed E-state index contributed by atoms with van der Waals surface area (Å²) in [6.45, 7) is 2.74. The van der Waals surface area contributed by atoms with Gasteiger partial charge in [-0.3, -0.25) is 9.59 Å². The quantitative estimate of drug-likeness (QED) is 0.709. The van der Waals surface area contributed by atoms with E-state index in [0.717, 1.165) is 11.3 Å². The lowest BCUT2D eigenvalue weighted by atomic mass is 10.2. The van der Waals surface area contributed by atoms with Crippen LogP contribution >= 0.6 is 35.6 Å². The van der Waals surface area contributed by atoms with Crippen LogP contribution in [-0.2, 0) is 16.1 Å². The molecule has 0 radical (unpaired) electrons. The summed E-state index contributed by atoms with van der Waals surface area (Å²) in [4.78, 5) is 24.9. The topological polar surface area (TPSA) is 70.7 Å². The van der Waals surface area contributed by atoms with Crippen LogP contribution in [0.5, 0.6) is 5.75 Å². The Morgan fingerprint density at radius 1 is 1.18 bits per heavy atom. The maximum absolute atomic E-state index is 12.2. The van der Waals surface area contributed by atoms with Gasteiger partial charge in [0.25, 0.3) is 5.91 Å². The van der Waals surface area contributed by atoms with Gasteiger partial charge in [0.15, 0.2) is 6.61 Å². The van der Waals surface area contributed by atoms with Crippen molar-refractivity contribution in [2.24, 2.45) is 0 Å². The van der Waals surface area contributed by atoms with Crippen molar-refractivity contribution in [1.82, 2.24) is 5.32 Å². The molecular weight excluding hydrogens is 425 g/mol. The highest BCUT2D eigenvalue weighted by molar-refractivity contribution is 6.42. The Kier molecular flexibility index (Phi) is 7.80. The summed E-state index contributed by atoms with van der Waals surface area (Å²) in [5.41, 5.74) is 2.50. The van der Waals surface area contributed by atoms with Gasteiger partial charge < -0.3 is 20.3 Å². The van der Waals surface area contributed by atoms with E-state index < -0.39 is 0 Å². The first-order valence-electron chi connectivity index (χ1n) is 8.43. The van der Waals surface area contributed by atoms with E-state index >= 15 is 0 Å². The molecule has 1 aliphatic heterocycles. The standard InChI is InChI=1S/C19H19Cl2N3O3.ClH/c1-12(25)22-6-7-24-17-9-14(3-5-18(17)27-11-19(24)26)23-10-13-2-4-15(20)16(21)8-13;/h2-5,8-9,23H,6-7,10-11H2,1H3,(H,22,25);1H. The molecule has 0 spiro atoms. The molecule has 0 bridgehead atoms. The van der Waals surface area contributed by atoms with Crippen molar-refractivity contribution in [3.05, 3.63) is 52.0 Å². The molecule has 28 heavy (non-hydrogen) atoms. The number of halogens is 3. The molecule has 3 rings (SSSR count). The highest BCUT2D eigenvalue weighted by atomic mass is 35.5. The van der Waals surface area contributed by atoms with Gasteiger partial charge in [0, 0.05) is 32.2 Å². The lowest BCUT2D eigenvalue weighted by molar-refractivity contribution is -0.122. The fourth-order valence-electron chi connectivity index (χ4n) is 2.75. The van der Waals surface area contributed by atoms with Gasteiger partial charge in [-0.05, 0) is 35.9 Å². The van der Waals surface area contributed by atoms with E-state index in [1.54, 1.807) is 11.0 Å². The predicted octanol–water partition coefficient (Wildman–Crippen LogP) is 3.89. The van der Waals surface area contributed by atoms with E-state index in [1.807, 2.05) is 30.3 Å². The van der Waals surface area contributed by atoms with Gasteiger partial charge in [-0.15, -0.1) is 12.4 Å². The molecule has 0 aliphatic carbocycles. The van der Waals surface area contributed by atoms with Crippen LogP contribution in [0.25, 0.3) is 0 Å². The second-order valence-corrected chi connectivity index (χ2v) is 6.92. The minimum Gasteiger partial charge on any atom is -0.482 e. The molecule has 1 heterocycles. The third-order valence-corrected chi connectivity index (χ3v) is 4.83. The summed E-state index contributed by atoms with van der Waals surface area (Å²) < 4.78 is 5.50. The summed E-state index contributed by atoms with van der Waals surface area (Å²) in [5, 5.41) is 7.02. The Hall–Kier alpha value is -2.15. The average Bonchev–Trinajstić information content (AvgIpc) is 2.64. The van der Waals surface area contributed by atoms with E-state index in [9.17, 15) is 9.59 Å².